The first-order valence-corrected chi connectivity index (χ1v) is 6.84. The standard InChI is InChI=1S/C17H20FNO2/c1-12(13-7-9-15(18)10-8-13)19-11-14-5-4-6-16(20-2)17(14)21-3/h4-10,12,19H,11H2,1-3H3. The lowest BCUT2D eigenvalue weighted by atomic mass is 10.1. The van der Waals surface area contributed by atoms with E-state index in [1.54, 1.807) is 26.4 Å². The number of rotatable bonds is 6. The molecule has 21 heavy (non-hydrogen) atoms. The first-order valence-electron chi connectivity index (χ1n) is 6.84. The van der Waals surface area contributed by atoms with Crippen molar-refractivity contribution in [2.24, 2.45) is 0 Å². The van der Waals surface area contributed by atoms with Gasteiger partial charge >= 0.3 is 0 Å². The van der Waals surface area contributed by atoms with Gasteiger partial charge in [0.25, 0.3) is 0 Å². The zero-order valence-corrected chi connectivity index (χ0v) is 12.5. The number of halogens is 1. The minimum absolute atomic E-state index is 0.113. The number of ether oxygens (including phenoxy) is 2. The highest BCUT2D eigenvalue weighted by Crippen LogP contribution is 2.30. The molecule has 112 valence electrons. The summed E-state index contributed by atoms with van der Waals surface area (Å²) in [5.74, 6) is 1.23. The highest BCUT2D eigenvalue weighted by atomic mass is 19.1. The average Bonchev–Trinajstić information content (AvgIpc) is 2.52. The Hall–Kier alpha value is -2.07. The van der Waals surface area contributed by atoms with Crippen molar-refractivity contribution in [1.29, 1.82) is 0 Å². The molecule has 0 bridgehead atoms. The van der Waals surface area contributed by atoms with Gasteiger partial charge in [-0.05, 0) is 30.7 Å². The number of nitrogens with one attached hydrogen (secondary N) is 1. The second-order valence-electron chi connectivity index (χ2n) is 4.81. The summed E-state index contributed by atoms with van der Waals surface area (Å²) in [7, 11) is 3.25. The zero-order valence-electron chi connectivity index (χ0n) is 12.5. The maximum Gasteiger partial charge on any atom is 0.165 e. The lowest BCUT2D eigenvalue weighted by Crippen LogP contribution is -2.18. The van der Waals surface area contributed by atoms with Crippen molar-refractivity contribution in [2.75, 3.05) is 14.2 Å². The van der Waals surface area contributed by atoms with Crippen LogP contribution in [0.4, 0.5) is 4.39 Å². The summed E-state index contributed by atoms with van der Waals surface area (Å²) in [5, 5.41) is 3.40. The Labute approximate surface area is 124 Å². The van der Waals surface area contributed by atoms with E-state index < -0.39 is 0 Å². The number of hydrogen-bond donors (Lipinski definition) is 1. The average molecular weight is 289 g/mol. The van der Waals surface area contributed by atoms with Crippen molar-refractivity contribution in [2.45, 2.75) is 19.5 Å². The van der Waals surface area contributed by atoms with Crippen molar-refractivity contribution >= 4 is 0 Å². The molecule has 0 saturated heterocycles. The van der Waals surface area contributed by atoms with Gasteiger partial charge in [0.2, 0.25) is 0 Å². The van der Waals surface area contributed by atoms with Gasteiger partial charge in [-0.3, -0.25) is 0 Å². The van der Waals surface area contributed by atoms with Crippen LogP contribution in [0.25, 0.3) is 0 Å². The van der Waals surface area contributed by atoms with Crippen LogP contribution in [-0.4, -0.2) is 14.2 Å². The molecule has 0 saturated carbocycles. The second kappa shape index (κ2) is 7.09. The van der Waals surface area contributed by atoms with Crippen molar-refractivity contribution in [3.05, 3.63) is 59.4 Å². The largest absolute Gasteiger partial charge is 0.493 e. The summed E-state index contributed by atoms with van der Waals surface area (Å²) >= 11 is 0. The minimum atomic E-state index is -0.222. The number of hydrogen-bond acceptors (Lipinski definition) is 3. The van der Waals surface area contributed by atoms with Crippen LogP contribution in [0.15, 0.2) is 42.5 Å². The van der Waals surface area contributed by atoms with E-state index in [-0.39, 0.29) is 11.9 Å². The Kier molecular flexibility index (Phi) is 5.17. The molecule has 0 heterocycles. The molecule has 0 radical (unpaired) electrons. The summed E-state index contributed by atoms with van der Waals surface area (Å²) in [6.45, 7) is 2.68. The van der Waals surface area contributed by atoms with Gasteiger partial charge in [0.1, 0.15) is 5.82 Å². The maximum atomic E-state index is 12.9. The molecule has 1 N–H and O–H groups in total. The third-order valence-electron chi connectivity index (χ3n) is 3.45. The van der Waals surface area contributed by atoms with Crippen molar-refractivity contribution < 1.29 is 13.9 Å². The second-order valence-corrected chi connectivity index (χ2v) is 4.81. The van der Waals surface area contributed by atoms with Crippen LogP contribution in [-0.2, 0) is 6.54 Å². The Balaban J connectivity index is 2.07. The summed E-state index contributed by atoms with van der Waals surface area (Å²) < 4.78 is 23.6. The van der Waals surface area contributed by atoms with E-state index in [1.165, 1.54) is 12.1 Å². The van der Waals surface area contributed by atoms with Gasteiger partial charge in [-0.1, -0.05) is 24.3 Å². The van der Waals surface area contributed by atoms with Crippen LogP contribution in [0, 0.1) is 5.82 Å². The first-order chi connectivity index (χ1) is 10.2. The first kappa shape index (κ1) is 15.3. The smallest absolute Gasteiger partial charge is 0.165 e. The fraction of sp³-hybridized carbons (Fsp3) is 0.294. The normalized spacial score (nSPS) is 12.0. The van der Waals surface area contributed by atoms with Crippen LogP contribution in [0.2, 0.25) is 0 Å². The van der Waals surface area contributed by atoms with Crippen molar-refractivity contribution in [3.63, 3.8) is 0 Å². The summed E-state index contributed by atoms with van der Waals surface area (Å²) in [6, 6.07) is 12.4. The Morgan fingerprint density at radius 1 is 1.05 bits per heavy atom. The molecule has 3 nitrogen and oxygen atoms in total. The molecule has 2 aromatic carbocycles. The molecule has 1 atom stereocenters. The fourth-order valence-corrected chi connectivity index (χ4v) is 2.23. The Morgan fingerprint density at radius 2 is 1.76 bits per heavy atom. The molecule has 0 aliphatic carbocycles. The molecule has 0 aliphatic heterocycles. The molecule has 0 spiro atoms. The van der Waals surface area contributed by atoms with E-state index in [0.717, 1.165) is 16.9 Å². The van der Waals surface area contributed by atoms with Crippen LogP contribution in [0.5, 0.6) is 11.5 Å². The van der Waals surface area contributed by atoms with Gasteiger partial charge in [0, 0.05) is 18.2 Å². The summed E-state index contributed by atoms with van der Waals surface area (Å²) in [5.41, 5.74) is 2.06. The predicted octanol–water partition coefficient (Wildman–Crippen LogP) is 3.69. The number of methoxy groups -OCH3 is 2. The highest BCUT2D eigenvalue weighted by molar-refractivity contribution is 5.46. The predicted molar refractivity (Wildman–Crippen MR) is 81.2 cm³/mol. The molecule has 0 fully saturated rings. The van der Waals surface area contributed by atoms with Gasteiger partial charge in [0.05, 0.1) is 14.2 Å². The molecule has 2 aromatic rings. The molecular formula is C17H20FNO2. The van der Waals surface area contributed by atoms with E-state index >= 15 is 0 Å². The van der Waals surface area contributed by atoms with Gasteiger partial charge in [-0.15, -0.1) is 0 Å². The van der Waals surface area contributed by atoms with E-state index in [0.29, 0.717) is 12.3 Å². The highest BCUT2D eigenvalue weighted by Gasteiger charge is 2.11. The summed E-state index contributed by atoms with van der Waals surface area (Å²) in [4.78, 5) is 0. The SMILES string of the molecule is COc1cccc(CNC(C)c2ccc(F)cc2)c1OC. The zero-order chi connectivity index (χ0) is 15.2. The van der Waals surface area contributed by atoms with Crippen LogP contribution in [0.3, 0.4) is 0 Å². The Bertz CT molecular complexity index is 584. The topological polar surface area (TPSA) is 30.5 Å². The van der Waals surface area contributed by atoms with Crippen molar-refractivity contribution in [1.82, 2.24) is 5.32 Å². The summed E-state index contributed by atoms with van der Waals surface area (Å²) in [6.07, 6.45) is 0. The molecular weight excluding hydrogens is 269 g/mol. The van der Waals surface area contributed by atoms with Gasteiger partial charge < -0.3 is 14.8 Å². The monoisotopic (exact) mass is 289 g/mol. The van der Waals surface area contributed by atoms with E-state index in [4.69, 9.17) is 9.47 Å². The van der Waals surface area contributed by atoms with Gasteiger partial charge in [0.15, 0.2) is 11.5 Å². The van der Waals surface area contributed by atoms with Gasteiger partial charge in [-0.25, -0.2) is 4.39 Å². The third-order valence-corrected chi connectivity index (χ3v) is 3.45. The van der Waals surface area contributed by atoms with Gasteiger partial charge in [-0.2, -0.15) is 0 Å². The van der Waals surface area contributed by atoms with E-state index in [9.17, 15) is 4.39 Å². The molecule has 1 unspecified atom stereocenters. The van der Waals surface area contributed by atoms with E-state index in [2.05, 4.69) is 5.32 Å². The van der Waals surface area contributed by atoms with Crippen LogP contribution in [0.1, 0.15) is 24.1 Å². The third kappa shape index (κ3) is 3.73. The van der Waals surface area contributed by atoms with Crippen molar-refractivity contribution in [3.8, 4) is 11.5 Å². The number of benzene rings is 2. The van der Waals surface area contributed by atoms with E-state index in [1.807, 2.05) is 25.1 Å². The molecule has 4 heteroatoms. The minimum Gasteiger partial charge on any atom is -0.493 e. The molecule has 0 aliphatic rings. The Morgan fingerprint density at radius 3 is 2.38 bits per heavy atom. The maximum absolute atomic E-state index is 12.9. The lowest BCUT2D eigenvalue weighted by molar-refractivity contribution is 0.350. The lowest BCUT2D eigenvalue weighted by Gasteiger charge is -2.17. The molecule has 0 amide bonds. The fourth-order valence-electron chi connectivity index (χ4n) is 2.23. The quantitative estimate of drug-likeness (QED) is 0.879. The number of para-hydroxylation sites is 1. The molecule has 2 rings (SSSR count). The molecule has 0 aromatic heterocycles. The van der Waals surface area contributed by atoms with Crippen LogP contribution < -0.4 is 14.8 Å². The van der Waals surface area contributed by atoms with Crippen LogP contribution >= 0.6 is 0 Å².